The van der Waals surface area contributed by atoms with Gasteiger partial charge in [-0.1, -0.05) is 0 Å². The molecular weight excluding hydrogens is 140 g/mol. The van der Waals surface area contributed by atoms with E-state index in [1.807, 2.05) is 0 Å². The first-order valence-electron chi connectivity index (χ1n) is 4.32. The lowest BCUT2D eigenvalue weighted by molar-refractivity contribution is -0.0814. The van der Waals surface area contributed by atoms with Crippen molar-refractivity contribution in [1.82, 2.24) is 0 Å². The minimum atomic E-state index is -0.528. The van der Waals surface area contributed by atoms with Gasteiger partial charge in [0.25, 0.3) is 0 Å². The van der Waals surface area contributed by atoms with Crippen LogP contribution in [0.3, 0.4) is 0 Å². The molecular formula is C9H12O2. The largest absolute Gasteiger partial charge is 0.512 e. The van der Waals surface area contributed by atoms with Crippen molar-refractivity contribution < 1.29 is 10.2 Å². The molecule has 5 rings (SSSR count). The Morgan fingerprint density at radius 1 is 1.27 bits per heavy atom. The SMILES string of the molecule is OC1=C2C3CC2CC(O)(C1)C3. The molecule has 0 saturated heterocycles. The van der Waals surface area contributed by atoms with E-state index in [0.717, 1.165) is 12.8 Å². The van der Waals surface area contributed by atoms with E-state index in [1.54, 1.807) is 0 Å². The highest BCUT2D eigenvalue weighted by atomic mass is 16.3. The second-order valence-corrected chi connectivity index (χ2v) is 4.34. The summed E-state index contributed by atoms with van der Waals surface area (Å²) in [6, 6.07) is 0. The topological polar surface area (TPSA) is 40.5 Å². The number of rotatable bonds is 0. The van der Waals surface area contributed by atoms with Gasteiger partial charge in [0.15, 0.2) is 0 Å². The van der Waals surface area contributed by atoms with Crippen LogP contribution in [0.4, 0.5) is 0 Å². The van der Waals surface area contributed by atoms with Crippen LogP contribution in [0.15, 0.2) is 11.3 Å². The van der Waals surface area contributed by atoms with Gasteiger partial charge in [-0.25, -0.2) is 0 Å². The van der Waals surface area contributed by atoms with Gasteiger partial charge in [-0.2, -0.15) is 0 Å². The van der Waals surface area contributed by atoms with Gasteiger partial charge >= 0.3 is 0 Å². The monoisotopic (exact) mass is 152 g/mol. The average Bonchev–Trinajstić information content (AvgIpc) is 1.81. The van der Waals surface area contributed by atoms with Gasteiger partial charge in [0.2, 0.25) is 0 Å². The van der Waals surface area contributed by atoms with Gasteiger partial charge in [-0.15, -0.1) is 0 Å². The first-order chi connectivity index (χ1) is 5.18. The van der Waals surface area contributed by atoms with E-state index in [9.17, 15) is 10.2 Å². The van der Waals surface area contributed by atoms with Crippen molar-refractivity contribution in [1.29, 1.82) is 0 Å². The Labute approximate surface area is 65.5 Å². The highest BCUT2D eigenvalue weighted by Crippen LogP contribution is 2.60. The van der Waals surface area contributed by atoms with Crippen LogP contribution in [0.5, 0.6) is 0 Å². The number of aliphatic hydroxyl groups excluding tert-OH is 1. The summed E-state index contributed by atoms with van der Waals surface area (Å²) < 4.78 is 0. The van der Waals surface area contributed by atoms with E-state index < -0.39 is 5.60 Å². The molecule has 4 bridgehead atoms. The standard InChI is InChI=1S/C9H12O2/c10-7-4-9(11)2-5-1-6(3-9)8(5)7/h5-6,10-11H,1-4H2. The smallest absolute Gasteiger partial charge is 0.0948 e. The predicted octanol–water partition coefficient (Wildman–Crippen LogP) is 1.36. The number of fused-ring (bicyclic) bond motifs is 1. The minimum absolute atomic E-state index is 0.506. The van der Waals surface area contributed by atoms with Gasteiger partial charge in [0, 0.05) is 6.42 Å². The van der Waals surface area contributed by atoms with E-state index in [0.29, 0.717) is 24.0 Å². The van der Waals surface area contributed by atoms with Crippen LogP contribution in [-0.2, 0) is 0 Å². The number of allylic oxidation sites excluding steroid dienone is 1. The molecule has 2 atom stereocenters. The third-order valence-corrected chi connectivity index (χ3v) is 3.53. The normalized spacial score (nSPS) is 52.8. The molecule has 0 radical (unpaired) electrons. The molecule has 11 heavy (non-hydrogen) atoms. The fourth-order valence-corrected chi connectivity index (χ4v) is 3.19. The Morgan fingerprint density at radius 3 is 2.36 bits per heavy atom. The Bertz CT molecular complexity index is 240. The zero-order valence-electron chi connectivity index (χ0n) is 6.38. The maximum absolute atomic E-state index is 9.90. The van der Waals surface area contributed by atoms with E-state index in [1.165, 1.54) is 12.0 Å². The molecule has 0 aromatic rings. The van der Waals surface area contributed by atoms with Gasteiger partial charge < -0.3 is 10.2 Å². The van der Waals surface area contributed by atoms with Crippen LogP contribution >= 0.6 is 0 Å². The number of hydrogen-bond acceptors (Lipinski definition) is 2. The summed E-state index contributed by atoms with van der Waals surface area (Å²) in [6.45, 7) is 0. The maximum Gasteiger partial charge on any atom is 0.0948 e. The Morgan fingerprint density at radius 2 is 1.91 bits per heavy atom. The zero-order chi connectivity index (χ0) is 7.64. The molecule has 0 amide bonds. The Hall–Kier alpha value is -0.500. The molecule has 2 N–H and O–H groups in total. The van der Waals surface area contributed by atoms with Gasteiger partial charge in [0.1, 0.15) is 0 Å². The molecule has 3 fully saturated rings. The lowest BCUT2D eigenvalue weighted by Crippen LogP contribution is -2.52. The van der Waals surface area contributed by atoms with Crippen molar-refractivity contribution in [2.75, 3.05) is 0 Å². The van der Waals surface area contributed by atoms with Crippen molar-refractivity contribution in [3.8, 4) is 0 Å². The van der Waals surface area contributed by atoms with Crippen LogP contribution < -0.4 is 0 Å². The summed E-state index contributed by atoms with van der Waals surface area (Å²) >= 11 is 0. The van der Waals surface area contributed by atoms with Crippen molar-refractivity contribution in [3.63, 3.8) is 0 Å². The first kappa shape index (κ1) is 6.06. The van der Waals surface area contributed by atoms with Crippen LogP contribution in [0, 0.1) is 11.8 Å². The minimum Gasteiger partial charge on any atom is -0.512 e. The second kappa shape index (κ2) is 1.48. The van der Waals surface area contributed by atoms with E-state index in [4.69, 9.17) is 0 Å². The Kier molecular flexibility index (Phi) is 0.819. The second-order valence-electron chi connectivity index (χ2n) is 4.34. The zero-order valence-corrected chi connectivity index (χ0v) is 6.38. The molecule has 0 heterocycles. The molecule has 3 saturated carbocycles. The third kappa shape index (κ3) is 0.574. The van der Waals surface area contributed by atoms with Crippen molar-refractivity contribution in [2.45, 2.75) is 31.3 Å². The Balaban J connectivity index is 2.12. The molecule has 0 spiro atoms. The highest BCUT2D eigenvalue weighted by molar-refractivity contribution is 5.33. The molecule has 2 unspecified atom stereocenters. The predicted molar refractivity (Wildman–Crippen MR) is 40.1 cm³/mol. The number of aliphatic hydroxyl groups is 2. The lowest BCUT2D eigenvalue weighted by Gasteiger charge is -2.56. The van der Waals surface area contributed by atoms with E-state index in [-0.39, 0.29) is 0 Å². The molecule has 5 aliphatic carbocycles. The molecule has 0 aromatic carbocycles. The molecule has 60 valence electrons. The third-order valence-electron chi connectivity index (χ3n) is 3.53. The van der Waals surface area contributed by atoms with Crippen LogP contribution in [-0.4, -0.2) is 15.8 Å². The fourth-order valence-electron chi connectivity index (χ4n) is 3.19. The van der Waals surface area contributed by atoms with Crippen LogP contribution in [0.25, 0.3) is 0 Å². The van der Waals surface area contributed by atoms with Gasteiger partial charge in [0.05, 0.1) is 11.4 Å². The summed E-state index contributed by atoms with van der Waals surface area (Å²) in [6.07, 6.45) is 3.54. The van der Waals surface area contributed by atoms with E-state index in [2.05, 4.69) is 0 Å². The summed E-state index contributed by atoms with van der Waals surface area (Å²) in [4.78, 5) is 0. The summed E-state index contributed by atoms with van der Waals surface area (Å²) in [5.74, 6) is 1.58. The first-order valence-corrected chi connectivity index (χ1v) is 4.32. The summed E-state index contributed by atoms with van der Waals surface area (Å²) in [5.41, 5.74) is 0.750. The molecule has 0 aliphatic heterocycles. The summed E-state index contributed by atoms with van der Waals surface area (Å²) in [5, 5.41) is 19.4. The molecule has 2 heteroatoms. The fraction of sp³-hybridized carbons (Fsp3) is 0.778. The van der Waals surface area contributed by atoms with Crippen molar-refractivity contribution in [2.24, 2.45) is 11.8 Å². The van der Waals surface area contributed by atoms with Crippen LogP contribution in [0.1, 0.15) is 25.7 Å². The lowest BCUT2D eigenvalue weighted by atomic mass is 9.51. The van der Waals surface area contributed by atoms with Crippen molar-refractivity contribution in [3.05, 3.63) is 11.3 Å². The molecule has 2 nitrogen and oxygen atoms in total. The number of hydrogen-bond donors (Lipinski definition) is 2. The highest BCUT2D eigenvalue weighted by Gasteiger charge is 2.55. The molecule has 0 aromatic heterocycles. The van der Waals surface area contributed by atoms with Gasteiger partial charge in [-0.05, 0) is 36.7 Å². The van der Waals surface area contributed by atoms with Crippen molar-refractivity contribution >= 4 is 0 Å². The van der Waals surface area contributed by atoms with Crippen LogP contribution in [0.2, 0.25) is 0 Å². The molecule has 5 aliphatic rings. The maximum atomic E-state index is 9.90. The van der Waals surface area contributed by atoms with Gasteiger partial charge in [-0.3, -0.25) is 0 Å². The quantitative estimate of drug-likeness (QED) is 0.550. The summed E-state index contributed by atoms with van der Waals surface area (Å²) in [7, 11) is 0. The average molecular weight is 152 g/mol. The van der Waals surface area contributed by atoms with E-state index >= 15 is 0 Å².